The van der Waals surface area contributed by atoms with E-state index >= 15 is 0 Å². The number of aliphatic hydroxyl groups is 1. The first-order valence-electron chi connectivity index (χ1n) is 9.36. The highest BCUT2D eigenvalue weighted by molar-refractivity contribution is 7.98. The molecule has 154 valence electrons. The third kappa shape index (κ3) is 6.92. The van der Waals surface area contributed by atoms with Crippen LogP contribution in [0, 0.1) is 5.41 Å². The Balaban J connectivity index is 3.33. The number of nitrogens with two attached hydrogens (primary N) is 1. The standard InChI is InChI=1S/C20H30N4O3S/c1-4-6-8-14(21)18(26)17(20(27)23-11-7-5-2)19(22)24-15-10-9-13(25)12-16(15)28-3/h9-10,12,21,25-26H,4-8,11H2,1-3H3,(H2,22,24)(H,23,27)/b18-17+,21-14?. The molecule has 0 heterocycles. The number of allylic oxidation sites excluding steroid dienone is 1. The predicted octanol–water partition coefficient (Wildman–Crippen LogP) is 4.04. The van der Waals surface area contributed by atoms with Gasteiger partial charge < -0.3 is 26.7 Å². The molecule has 0 saturated heterocycles. The smallest absolute Gasteiger partial charge is 0.258 e. The van der Waals surface area contributed by atoms with Gasteiger partial charge in [0.05, 0.1) is 11.4 Å². The van der Waals surface area contributed by atoms with Gasteiger partial charge in [0.25, 0.3) is 5.91 Å². The minimum atomic E-state index is -0.557. The summed E-state index contributed by atoms with van der Waals surface area (Å²) < 4.78 is 0. The zero-order chi connectivity index (χ0) is 21.1. The third-order valence-electron chi connectivity index (χ3n) is 4.01. The van der Waals surface area contributed by atoms with Crippen LogP contribution >= 0.6 is 11.8 Å². The van der Waals surface area contributed by atoms with E-state index in [0.717, 1.165) is 25.7 Å². The van der Waals surface area contributed by atoms with E-state index in [-0.39, 0.29) is 22.9 Å². The maximum atomic E-state index is 12.6. The summed E-state index contributed by atoms with van der Waals surface area (Å²) >= 11 is 1.37. The number of amides is 1. The van der Waals surface area contributed by atoms with Gasteiger partial charge in [0.2, 0.25) is 0 Å². The van der Waals surface area contributed by atoms with Crippen molar-refractivity contribution in [1.82, 2.24) is 5.32 Å². The summed E-state index contributed by atoms with van der Waals surface area (Å²) in [6.45, 7) is 4.43. The van der Waals surface area contributed by atoms with Crippen molar-refractivity contribution in [3.63, 3.8) is 0 Å². The lowest BCUT2D eigenvalue weighted by Gasteiger charge is -2.13. The van der Waals surface area contributed by atoms with Gasteiger partial charge in [-0.05, 0) is 43.7 Å². The van der Waals surface area contributed by atoms with Crippen molar-refractivity contribution in [1.29, 1.82) is 5.41 Å². The molecule has 0 spiro atoms. The molecule has 8 heteroatoms. The molecule has 0 aromatic heterocycles. The molecule has 1 aromatic rings. The molecule has 0 saturated carbocycles. The summed E-state index contributed by atoms with van der Waals surface area (Å²) in [7, 11) is 0. The average Bonchev–Trinajstić information content (AvgIpc) is 2.67. The summed E-state index contributed by atoms with van der Waals surface area (Å²) in [5.41, 5.74) is 6.31. The molecule has 1 amide bonds. The molecule has 0 unspecified atom stereocenters. The first kappa shape index (κ1) is 23.6. The molecule has 0 fully saturated rings. The molecule has 0 aliphatic rings. The van der Waals surface area contributed by atoms with Crippen LogP contribution in [0.1, 0.15) is 46.0 Å². The molecular formula is C20H30N4O3S. The molecule has 7 nitrogen and oxygen atoms in total. The van der Waals surface area contributed by atoms with Crippen molar-refractivity contribution >= 4 is 34.9 Å². The number of nitrogens with one attached hydrogen (secondary N) is 2. The highest BCUT2D eigenvalue weighted by atomic mass is 32.2. The number of nitrogens with zero attached hydrogens (tertiary/aromatic N) is 1. The van der Waals surface area contributed by atoms with Crippen molar-refractivity contribution in [2.75, 3.05) is 12.8 Å². The van der Waals surface area contributed by atoms with Gasteiger partial charge in [-0.15, -0.1) is 11.8 Å². The lowest BCUT2D eigenvalue weighted by Crippen LogP contribution is -2.34. The number of hydrogen-bond donors (Lipinski definition) is 5. The second kappa shape index (κ2) is 12.1. The Morgan fingerprint density at radius 3 is 2.57 bits per heavy atom. The maximum absolute atomic E-state index is 12.6. The van der Waals surface area contributed by atoms with Crippen LogP contribution in [0.3, 0.4) is 0 Å². The maximum Gasteiger partial charge on any atom is 0.258 e. The number of aliphatic hydroxyl groups excluding tert-OH is 1. The summed E-state index contributed by atoms with van der Waals surface area (Å²) in [4.78, 5) is 17.6. The fourth-order valence-corrected chi connectivity index (χ4v) is 2.94. The Hall–Kier alpha value is -2.48. The Labute approximate surface area is 170 Å². The molecule has 0 atom stereocenters. The number of rotatable bonds is 11. The highest BCUT2D eigenvalue weighted by Crippen LogP contribution is 2.31. The first-order valence-corrected chi connectivity index (χ1v) is 10.6. The van der Waals surface area contributed by atoms with Crippen LogP contribution in [-0.2, 0) is 4.79 Å². The molecule has 1 aromatic carbocycles. The van der Waals surface area contributed by atoms with Crippen LogP contribution in [0.5, 0.6) is 5.75 Å². The molecule has 1 rings (SSSR count). The minimum absolute atomic E-state index is 0.0450. The molecule has 0 radical (unpaired) electrons. The van der Waals surface area contributed by atoms with E-state index in [9.17, 15) is 15.0 Å². The third-order valence-corrected chi connectivity index (χ3v) is 4.77. The lowest BCUT2D eigenvalue weighted by atomic mass is 10.1. The average molecular weight is 407 g/mol. The van der Waals surface area contributed by atoms with E-state index in [0.29, 0.717) is 23.5 Å². The van der Waals surface area contributed by atoms with Crippen LogP contribution in [0.2, 0.25) is 0 Å². The van der Waals surface area contributed by atoms with Crippen molar-refractivity contribution in [2.45, 2.75) is 50.8 Å². The molecule has 0 bridgehead atoms. The van der Waals surface area contributed by atoms with E-state index < -0.39 is 11.7 Å². The normalized spacial score (nSPS) is 12.5. The number of hydrogen-bond acceptors (Lipinski definition) is 6. The molecule has 6 N–H and O–H groups in total. The summed E-state index contributed by atoms with van der Waals surface area (Å²) in [6.07, 6.45) is 5.46. The van der Waals surface area contributed by atoms with E-state index in [1.165, 1.54) is 17.8 Å². The second-order valence-electron chi connectivity index (χ2n) is 6.27. The van der Waals surface area contributed by atoms with Gasteiger partial charge in [-0.25, -0.2) is 4.99 Å². The number of benzene rings is 1. The topological polar surface area (TPSA) is 132 Å². The fourth-order valence-electron chi connectivity index (χ4n) is 2.38. The number of unbranched alkanes of at least 4 members (excludes halogenated alkanes) is 2. The van der Waals surface area contributed by atoms with E-state index in [1.807, 2.05) is 20.1 Å². The molecule has 0 aliphatic heterocycles. The number of phenols is 1. The van der Waals surface area contributed by atoms with Crippen LogP contribution in [0.4, 0.5) is 5.69 Å². The van der Waals surface area contributed by atoms with Gasteiger partial charge in [-0.2, -0.15) is 0 Å². The van der Waals surface area contributed by atoms with Crippen molar-refractivity contribution < 1.29 is 15.0 Å². The van der Waals surface area contributed by atoms with Crippen LogP contribution in [0.15, 0.2) is 39.4 Å². The number of phenolic OH excluding ortho intramolecular Hbond substituents is 1. The van der Waals surface area contributed by atoms with Crippen LogP contribution < -0.4 is 11.1 Å². The minimum Gasteiger partial charge on any atom is -0.508 e. The quantitative estimate of drug-likeness (QED) is 0.0945. The summed E-state index contributed by atoms with van der Waals surface area (Å²) in [5, 5.41) is 31.0. The number of carbonyl (C=O) groups is 1. The van der Waals surface area contributed by atoms with Crippen LogP contribution in [-0.4, -0.2) is 40.5 Å². The Morgan fingerprint density at radius 2 is 1.96 bits per heavy atom. The molecular weight excluding hydrogens is 376 g/mol. The fraction of sp³-hybridized carbons (Fsp3) is 0.450. The van der Waals surface area contributed by atoms with Crippen molar-refractivity contribution in [3.05, 3.63) is 29.5 Å². The Kier molecular flexibility index (Phi) is 10.2. The zero-order valence-electron chi connectivity index (χ0n) is 16.7. The van der Waals surface area contributed by atoms with Gasteiger partial charge in [0, 0.05) is 11.4 Å². The monoisotopic (exact) mass is 406 g/mol. The number of aromatic hydroxyl groups is 1. The first-order chi connectivity index (χ1) is 13.3. The Morgan fingerprint density at radius 1 is 1.29 bits per heavy atom. The lowest BCUT2D eigenvalue weighted by molar-refractivity contribution is -0.117. The van der Waals surface area contributed by atoms with E-state index in [4.69, 9.17) is 11.1 Å². The number of amidine groups is 1. The summed E-state index contributed by atoms with van der Waals surface area (Å²) in [6, 6.07) is 4.60. The zero-order valence-corrected chi connectivity index (χ0v) is 17.5. The van der Waals surface area contributed by atoms with Gasteiger partial charge in [-0.3, -0.25) is 4.79 Å². The summed E-state index contributed by atoms with van der Waals surface area (Å²) in [5.74, 6) is -1.08. The van der Waals surface area contributed by atoms with Crippen molar-refractivity contribution in [3.8, 4) is 5.75 Å². The van der Waals surface area contributed by atoms with Crippen LogP contribution in [0.25, 0.3) is 0 Å². The largest absolute Gasteiger partial charge is 0.508 e. The highest BCUT2D eigenvalue weighted by Gasteiger charge is 2.22. The number of carbonyl (C=O) groups excluding carboxylic acids is 1. The van der Waals surface area contributed by atoms with Gasteiger partial charge in [0.15, 0.2) is 5.76 Å². The van der Waals surface area contributed by atoms with Gasteiger partial charge in [-0.1, -0.05) is 26.7 Å². The second-order valence-corrected chi connectivity index (χ2v) is 7.12. The predicted molar refractivity (Wildman–Crippen MR) is 116 cm³/mol. The molecule has 28 heavy (non-hydrogen) atoms. The number of aliphatic imine (C=N–C) groups is 1. The van der Waals surface area contributed by atoms with Crippen molar-refractivity contribution in [2.24, 2.45) is 10.7 Å². The van der Waals surface area contributed by atoms with Gasteiger partial charge in [0.1, 0.15) is 17.2 Å². The van der Waals surface area contributed by atoms with E-state index in [2.05, 4.69) is 10.3 Å². The molecule has 0 aliphatic carbocycles. The SMILES string of the molecule is CCCCNC(=O)/C(C(N)=Nc1ccc(O)cc1SC)=C(/O)C(=N)CCCC. The number of thioether (sulfide) groups is 1. The van der Waals surface area contributed by atoms with Gasteiger partial charge >= 0.3 is 0 Å². The van der Waals surface area contributed by atoms with E-state index in [1.54, 1.807) is 12.1 Å². The Bertz CT molecular complexity index is 760.